The first-order valence-electron chi connectivity index (χ1n) is 5.37. The SMILES string of the molecule is CC(NCc1ccc(Br)c(Br)c1)c1ccco1. The molecular weight excluding hydrogens is 346 g/mol. The second-order valence-corrected chi connectivity index (χ2v) is 5.58. The standard InChI is InChI=1S/C13H13Br2NO/c1-9(13-3-2-6-17-13)16-8-10-4-5-11(14)12(15)7-10/h2-7,9,16H,8H2,1H3. The molecule has 1 heterocycles. The minimum Gasteiger partial charge on any atom is -0.468 e. The average molecular weight is 359 g/mol. The molecule has 0 aliphatic rings. The van der Waals surface area contributed by atoms with Crippen molar-refractivity contribution in [3.8, 4) is 0 Å². The molecule has 0 fully saturated rings. The van der Waals surface area contributed by atoms with Crippen molar-refractivity contribution in [3.63, 3.8) is 0 Å². The highest BCUT2D eigenvalue weighted by atomic mass is 79.9. The van der Waals surface area contributed by atoms with Crippen LogP contribution in [0.1, 0.15) is 24.3 Å². The second-order valence-electron chi connectivity index (χ2n) is 3.87. The van der Waals surface area contributed by atoms with Crippen molar-refractivity contribution in [2.75, 3.05) is 0 Å². The van der Waals surface area contributed by atoms with Gasteiger partial charge < -0.3 is 9.73 Å². The summed E-state index contributed by atoms with van der Waals surface area (Å²) in [7, 11) is 0. The third-order valence-corrected chi connectivity index (χ3v) is 4.45. The van der Waals surface area contributed by atoms with Crippen LogP contribution >= 0.6 is 31.9 Å². The molecule has 1 N–H and O–H groups in total. The quantitative estimate of drug-likeness (QED) is 0.860. The highest BCUT2D eigenvalue weighted by Crippen LogP contribution is 2.24. The third kappa shape index (κ3) is 3.44. The fraction of sp³-hybridized carbons (Fsp3) is 0.231. The van der Waals surface area contributed by atoms with Crippen LogP contribution in [-0.2, 0) is 6.54 Å². The van der Waals surface area contributed by atoms with Gasteiger partial charge in [-0.2, -0.15) is 0 Å². The van der Waals surface area contributed by atoms with Crippen molar-refractivity contribution in [2.24, 2.45) is 0 Å². The summed E-state index contributed by atoms with van der Waals surface area (Å²) < 4.78 is 7.49. The van der Waals surface area contributed by atoms with Gasteiger partial charge in [-0.05, 0) is 68.6 Å². The maximum Gasteiger partial charge on any atom is 0.120 e. The zero-order valence-corrected chi connectivity index (χ0v) is 12.6. The van der Waals surface area contributed by atoms with Gasteiger partial charge in [0.1, 0.15) is 5.76 Å². The summed E-state index contributed by atoms with van der Waals surface area (Å²) in [5, 5.41) is 3.42. The van der Waals surface area contributed by atoms with E-state index in [0.717, 1.165) is 21.3 Å². The van der Waals surface area contributed by atoms with Gasteiger partial charge in [0.15, 0.2) is 0 Å². The van der Waals surface area contributed by atoms with Crippen molar-refractivity contribution in [1.29, 1.82) is 0 Å². The van der Waals surface area contributed by atoms with Gasteiger partial charge in [-0.3, -0.25) is 0 Å². The molecule has 0 amide bonds. The Morgan fingerprint density at radius 1 is 1.24 bits per heavy atom. The Balaban J connectivity index is 1.96. The summed E-state index contributed by atoms with van der Waals surface area (Å²) in [5.41, 5.74) is 1.23. The number of nitrogens with one attached hydrogen (secondary N) is 1. The molecule has 0 saturated heterocycles. The number of benzene rings is 1. The Morgan fingerprint density at radius 3 is 2.71 bits per heavy atom. The van der Waals surface area contributed by atoms with Gasteiger partial charge in [-0.1, -0.05) is 6.07 Å². The minimum absolute atomic E-state index is 0.215. The summed E-state index contributed by atoms with van der Waals surface area (Å²) in [6.07, 6.45) is 1.70. The molecule has 0 radical (unpaired) electrons. The van der Waals surface area contributed by atoms with Crippen LogP contribution in [-0.4, -0.2) is 0 Å². The zero-order valence-electron chi connectivity index (χ0n) is 9.41. The van der Waals surface area contributed by atoms with Gasteiger partial charge in [-0.15, -0.1) is 0 Å². The van der Waals surface area contributed by atoms with Crippen molar-refractivity contribution >= 4 is 31.9 Å². The van der Waals surface area contributed by atoms with Gasteiger partial charge >= 0.3 is 0 Å². The maximum absolute atomic E-state index is 5.35. The Bertz CT molecular complexity index is 482. The first-order chi connectivity index (χ1) is 8.16. The minimum atomic E-state index is 0.215. The Hall–Kier alpha value is -0.580. The molecule has 17 heavy (non-hydrogen) atoms. The lowest BCUT2D eigenvalue weighted by atomic mass is 10.2. The van der Waals surface area contributed by atoms with E-state index in [1.807, 2.05) is 18.2 Å². The first kappa shape index (κ1) is 12.9. The molecule has 1 atom stereocenters. The summed E-state index contributed by atoms with van der Waals surface area (Å²) in [6.45, 7) is 2.90. The predicted molar refractivity (Wildman–Crippen MR) is 75.8 cm³/mol. The molecule has 0 bridgehead atoms. The number of halogens is 2. The molecule has 0 aliphatic heterocycles. The van der Waals surface area contributed by atoms with Gasteiger partial charge in [0.2, 0.25) is 0 Å². The zero-order chi connectivity index (χ0) is 12.3. The molecule has 90 valence electrons. The first-order valence-corrected chi connectivity index (χ1v) is 6.96. The van der Waals surface area contributed by atoms with Crippen LogP contribution in [0.25, 0.3) is 0 Å². The number of hydrogen-bond acceptors (Lipinski definition) is 2. The Labute approximate surface area is 118 Å². The van der Waals surface area contributed by atoms with E-state index in [2.05, 4.69) is 56.2 Å². The Kier molecular flexibility index (Phi) is 4.42. The lowest BCUT2D eigenvalue weighted by molar-refractivity contribution is 0.430. The number of rotatable bonds is 4. The topological polar surface area (TPSA) is 25.2 Å². The van der Waals surface area contributed by atoms with Crippen molar-refractivity contribution in [1.82, 2.24) is 5.32 Å². The highest BCUT2D eigenvalue weighted by Gasteiger charge is 2.07. The van der Waals surface area contributed by atoms with E-state index in [0.29, 0.717) is 0 Å². The maximum atomic E-state index is 5.35. The second kappa shape index (κ2) is 5.85. The van der Waals surface area contributed by atoms with Crippen molar-refractivity contribution in [2.45, 2.75) is 19.5 Å². The molecule has 0 spiro atoms. The summed E-state index contributed by atoms with van der Waals surface area (Å²) in [5.74, 6) is 0.959. The predicted octanol–water partition coefficient (Wildman–Crippen LogP) is 4.66. The molecule has 2 rings (SSSR count). The summed E-state index contributed by atoms with van der Waals surface area (Å²) in [6, 6.07) is 10.3. The van der Waals surface area contributed by atoms with E-state index in [4.69, 9.17) is 4.42 Å². The molecule has 1 aromatic heterocycles. The molecule has 1 aromatic carbocycles. The molecule has 0 aliphatic carbocycles. The Morgan fingerprint density at radius 2 is 2.06 bits per heavy atom. The molecule has 4 heteroatoms. The van der Waals surface area contributed by atoms with E-state index in [1.54, 1.807) is 6.26 Å². The van der Waals surface area contributed by atoms with Gasteiger partial charge in [0.05, 0.1) is 12.3 Å². The van der Waals surface area contributed by atoms with Gasteiger partial charge in [0.25, 0.3) is 0 Å². The third-order valence-electron chi connectivity index (χ3n) is 2.57. The summed E-state index contributed by atoms with van der Waals surface area (Å²) in [4.78, 5) is 0. The molecule has 2 aromatic rings. The van der Waals surface area contributed by atoms with Crippen molar-refractivity contribution in [3.05, 3.63) is 56.9 Å². The van der Waals surface area contributed by atoms with Crippen LogP contribution in [0, 0.1) is 0 Å². The number of hydrogen-bond donors (Lipinski definition) is 1. The van der Waals surface area contributed by atoms with E-state index in [1.165, 1.54) is 5.56 Å². The van der Waals surface area contributed by atoms with Crippen LogP contribution in [0.3, 0.4) is 0 Å². The van der Waals surface area contributed by atoms with E-state index in [9.17, 15) is 0 Å². The van der Waals surface area contributed by atoms with E-state index >= 15 is 0 Å². The monoisotopic (exact) mass is 357 g/mol. The molecule has 1 unspecified atom stereocenters. The largest absolute Gasteiger partial charge is 0.468 e. The molecule has 0 saturated carbocycles. The van der Waals surface area contributed by atoms with Crippen molar-refractivity contribution < 1.29 is 4.42 Å². The van der Waals surface area contributed by atoms with Crippen LogP contribution < -0.4 is 5.32 Å². The van der Waals surface area contributed by atoms with Crippen LogP contribution in [0.2, 0.25) is 0 Å². The highest BCUT2D eigenvalue weighted by molar-refractivity contribution is 9.13. The average Bonchev–Trinajstić information content (AvgIpc) is 2.84. The number of furan rings is 1. The molecular formula is C13H13Br2NO. The fourth-order valence-corrected chi connectivity index (χ4v) is 2.23. The molecule has 2 nitrogen and oxygen atoms in total. The van der Waals surface area contributed by atoms with E-state index < -0.39 is 0 Å². The van der Waals surface area contributed by atoms with E-state index in [-0.39, 0.29) is 6.04 Å². The van der Waals surface area contributed by atoms with Crippen LogP contribution in [0.5, 0.6) is 0 Å². The van der Waals surface area contributed by atoms with Gasteiger partial charge in [-0.25, -0.2) is 0 Å². The van der Waals surface area contributed by atoms with Crippen LogP contribution in [0.4, 0.5) is 0 Å². The lowest BCUT2D eigenvalue weighted by Gasteiger charge is -2.11. The smallest absolute Gasteiger partial charge is 0.120 e. The lowest BCUT2D eigenvalue weighted by Crippen LogP contribution is -2.17. The summed E-state index contributed by atoms with van der Waals surface area (Å²) >= 11 is 6.96. The normalized spacial score (nSPS) is 12.6. The van der Waals surface area contributed by atoms with Crippen LogP contribution in [0.15, 0.2) is 50.0 Å². The fourth-order valence-electron chi connectivity index (χ4n) is 1.56. The van der Waals surface area contributed by atoms with Gasteiger partial charge in [0, 0.05) is 15.5 Å².